The molecule has 2 aliphatic heterocycles. The molecule has 2 rings (SSSR count). The van der Waals surface area contributed by atoms with E-state index >= 15 is 0 Å². The van der Waals surface area contributed by atoms with Gasteiger partial charge in [-0.25, -0.2) is 0 Å². The van der Waals surface area contributed by atoms with Crippen LogP contribution in [0.25, 0.3) is 0 Å². The van der Waals surface area contributed by atoms with Gasteiger partial charge in [-0.2, -0.15) is 10.5 Å². The van der Waals surface area contributed by atoms with Crippen molar-refractivity contribution in [2.45, 2.75) is 38.8 Å². The lowest BCUT2D eigenvalue weighted by molar-refractivity contribution is 0.0584. The van der Waals surface area contributed by atoms with Crippen LogP contribution in [0.2, 0.25) is 0 Å². The molecule has 5 heteroatoms. The van der Waals surface area contributed by atoms with Crippen LogP contribution in [0.3, 0.4) is 0 Å². The van der Waals surface area contributed by atoms with E-state index in [-0.39, 0.29) is 0 Å². The van der Waals surface area contributed by atoms with Crippen LogP contribution in [0.1, 0.15) is 26.7 Å². The van der Waals surface area contributed by atoms with Crippen LogP contribution in [0.15, 0.2) is 0 Å². The van der Waals surface area contributed by atoms with Gasteiger partial charge in [0.15, 0.2) is 6.19 Å². The largest absolute Gasteiger partial charge is 0.309 e. The van der Waals surface area contributed by atoms with Gasteiger partial charge in [0, 0.05) is 44.8 Å². The molecule has 2 aliphatic rings. The first-order valence-electron chi connectivity index (χ1n) is 7.20. The Morgan fingerprint density at radius 3 is 2.42 bits per heavy atom. The van der Waals surface area contributed by atoms with Gasteiger partial charge in [-0.3, -0.25) is 4.90 Å². The number of hydrogen-bond acceptors (Lipinski definition) is 5. The van der Waals surface area contributed by atoms with E-state index in [4.69, 9.17) is 10.5 Å². The van der Waals surface area contributed by atoms with Gasteiger partial charge in [0.2, 0.25) is 0 Å². The van der Waals surface area contributed by atoms with Crippen molar-refractivity contribution in [3.63, 3.8) is 0 Å². The van der Waals surface area contributed by atoms with Gasteiger partial charge in [-0.05, 0) is 13.5 Å². The zero-order chi connectivity index (χ0) is 14.3. The van der Waals surface area contributed by atoms with Crippen LogP contribution in [0.5, 0.6) is 0 Å². The fourth-order valence-electron chi connectivity index (χ4n) is 2.90. The number of likely N-dealkylation sites (N-methyl/N-ethyl adjacent to an activating group) is 1. The Bertz CT molecular complexity index is 343. The zero-order valence-electron chi connectivity index (χ0n) is 12.3. The lowest BCUT2D eigenvalue weighted by Gasteiger charge is -2.42. The molecule has 0 bridgehead atoms. The first kappa shape index (κ1) is 15.8. The van der Waals surface area contributed by atoms with Crippen molar-refractivity contribution < 1.29 is 0 Å². The van der Waals surface area contributed by atoms with Gasteiger partial charge in [0.1, 0.15) is 0 Å². The van der Waals surface area contributed by atoms with E-state index in [2.05, 4.69) is 29.1 Å². The molecular formula is C14H25N5. The standard InChI is InChI=1S/C12H19N5.C2H6/c1-15-6-7-17(11(8-15)2-4-13)12-3-5-16(9-12)10-14;1-2/h11-12H,2-3,5-9H2,1H3;1-2H3. The molecule has 2 unspecified atom stereocenters. The number of nitrogens with zero attached hydrogens (tertiary/aromatic N) is 5. The topological polar surface area (TPSA) is 57.3 Å². The summed E-state index contributed by atoms with van der Waals surface area (Å²) in [6.07, 6.45) is 3.87. The number of rotatable bonds is 2. The minimum absolute atomic E-state index is 0.336. The molecule has 0 aromatic heterocycles. The molecule has 0 aliphatic carbocycles. The monoisotopic (exact) mass is 263 g/mol. The third-order valence-electron chi connectivity index (χ3n) is 3.83. The van der Waals surface area contributed by atoms with E-state index in [1.54, 1.807) is 0 Å². The van der Waals surface area contributed by atoms with Crippen LogP contribution in [-0.4, -0.2) is 66.6 Å². The second-order valence-corrected chi connectivity index (χ2v) is 5.00. The average molecular weight is 263 g/mol. The second-order valence-electron chi connectivity index (χ2n) is 5.00. The lowest BCUT2D eigenvalue weighted by atomic mass is 10.1. The third kappa shape index (κ3) is 4.09. The molecule has 2 heterocycles. The highest BCUT2D eigenvalue weighted by Crippen LogP contribution is 2.21. The Labute approximate surface area is 117 Å². The van der Waals surface area contributed by atoms with Crippen LogP contribution < -0.4 is 0 Å². The van der Waals surface area contributed by atoms with Crippen molar-refractivity contribution in [1.82, 2.24) is 14.7 Å². The van der Waals surface area contributed by atoms with E-state index < -0.39 is 0 Å². The Morgan fingerprint density at radius 1 is 1.11 bits per heavy atom. The maximum absolute atomic E-state index is 8.91. The van der Waals surface area contributed by atoms with E-state index in [1.165, 1.54) is 0 Å². The van der Waals surface area contributed by atoms with Crippen LogP contribution in [0, 0.1) is 22.8 Å². The number of nitriles is 2. The van der Waals surface area contributed by atoms with Gasteiger partial charge in [0.25, 0.3) is 0 Å². The molecule has 0 N–H and O–H groups in total. The second kappa shape index (κ2) is 7.99. The van der Waals surface area contributed by atoms with E-state index in [0.717, 1.165) is 39.1 Å². The molecule has 106 valence electrons. The van der Waals surface area contributed by atoms with Crippen LogP contribution >= 0.6 is 0 Å². The van der Waals surface area contributed by atoms with Gasteiger partial charge < -0.3 is 9.80 Å². The lowest BCUT2D eigenvalue weighted by Crippen LogP contribution is -2.55. The van der Waals surface area contributed by atoms with Crippen molar-refractivity contribution in [1.29, 1.82) is 10.5 Å². The van der Waals surface area contributed by atoms with Crippen molar-refractivity contribution in [2.75, 3.05) is 39.8 Å². The summed E-state index contributed by atoms with van der Waals surface area (Å²) >= 11 is 0. The average Bonchev–Trinajstić information content (AvgIpc) is 2.90. The number of likely N-dealkylation sites (tertiary alicyclic amines) is 1. The Balaban J connectivity index is 0.000000861. The summed E-state index contributed by atoms with van der Waals surface area (Å²) in [6, 6.07) is 3.09. The minimum Gasteiger partial charge on any atom is -0.309 e. The summed E-state index contributed by atoms with van der Waals surface area (Å²) in [5.74, 6) is 0. The van der Waals surface area contributed by atoms with Gasteiger partial charge in [-0.1, -0.05) is 13.8 Å². The van der Waals surface area contributed by atoms with E-state index in [9.17, 15) is 0 Å². The molecule has 0 aromatic carbocycles. The summed E-state index contributed by atoms with van der Waals surface area (Å²) in [7, 11) is 2.11. The number of piperazine rings is 1. The predicted octanol–water partition coefficient (Wildman–Crippen LogP) is 1.10. The molecular weight excluding hydrogens is 238 g/mol. The molecule has 0 amide bonds. The molecule has 19 heavy (non-hydrogen) atoms. The fourth-order valence-corrected chi connectivity index (χ4v) is 2.90. The van der Waals surface area contributed by atoms with Gasteiger partial charge in [0.05, 0.1) is 12.5 Å². The Morgan fingerprint density at radius 2 is 1.84 bits per heavy atom. The highest BCUT2D eigenvalue weighted by Gasteiger charge is 2.34. The maximum atomic E-state index is 8.91. The van der Waals surface area contributed by atoms with Gasteiger partial charge >= 0.3 is 0 Å². The SMILES string of the molecule is CC.CN1CCN(C2CCN(C#N)C2)C(CC#N)C1. The molecule has 0 spiro atoms. The van der Waals surface area contributed by atoms with Crippen molar-refractivity contribution in [3.05, 3.63) is 0 Å². The summed E-state index contributed by atoms with van der Waals surface area (Å²) in [6.45, 7) is 8.75. The molecule has 0 aromatic rings. The first-order chi connectivity index (χ1) is 9.24. The smallest absolute Gasteiger partial charge is 0.179 e. The van der Waals surface area contributed by atoms with Crippen LogP contribution in [-0.2, 0) is 0 Å². The Kier molecular flexibility index (Phi) is 6.62. The highest BCUT2D eigenvalue weighted by atomic mass is 15.3. The van der Waals surface area contributed by atoms with Crippen molar-refractivity contribution in [2.24, 2.45) is 0 Å². The third-order valence-corrected chi connectivity index (χ3v) is 3.83. The summed E-state index contributed by atoms with van der Waals surface area (Å²) in [5, 5.41) is 17.8. The normalized spacial score (nSPS) is 28.2. The summed E-state index contributed by atoms with van der Waals surface area (Å²) < 4.78 is 0. The quantitative estimate of drug-likeness (QED) is 0.698. The van der Waals surface area contributed by atoms with Gasteiger partial charge in [-0.15, -0.1) is 0 Å². The zero-order valence-corrected chi connectivity index (χ0v) is 12.3. The highest BCUT2D eigenvalue weighted by molar-refractivity contribution is 4.96. The Hall–Kier alpha value is -1.30. The molecule has 2 fully saturated rings. The number of hydrogen-bond donors (Lipinski definition) is 0. The van der Waals surface area contributed by atoms with E-state index in [0.29, 0.717) is 18.5 Å². The summed E-state index contributed by atoms with van der Waals surface area (Å²) in [5.41, 5.74) is 0. The molecule has 0 saturated carbocycles. The van der Waals surface area contributed by atoms with Crippen LogP contribution in [0.4, 0.5) is 0 Å². The predicted molar refractivity (Wildman–Crippen MR) is 75.2 cm³/mol. The molecule has 5 nitrogen and oxygen atoms in total. The maximum Gasteiger partial charge on any atom is 0.179 e. The first-order valence-corrected chi connectivity index (χ1v) is 7.20. The van der Waals surface area contributed by atoms with Crippen molar-refractivity contribution >= 4 is 0 Å². The molecule has 2 saturated heterocycles. The minimum atomic E-state index is 0.336. The molecule has 2 atom stereocenters. The fraction of sp³-hybridized carbons (Fsp3) is 0.857. The molecule has 0 radical (unpaired) electrons. The summed E-state index contributed by atoms with van der Waals surface area (Å²) in [4.78, 5) is 6.56. The van der Waals surface area contributed by atoms with Crippen molar-refractivity contribution in [3.8, 4) is 12.3 Å². The van der Waals surface area contributed by atoms with E-state index in [1.807, 2.05) is 18.7 Å².